The molecule has 1 saturated heterocycles. The zero-order valence-electron chi connectivity index (χ0n) is 5.60. The summed E-state index contributed by atoms with van der Waals surface area (Å²) in [7, 11) is 0. The highest BCUT2D eigenvalue weighted by Gasteiger charge is 2.55. The summed E-state index contributed by atoms with van der Waals surface area (Å²) in [4.78, 5) is 0. The van der Waals surface area contributed by atoms with Crippen LogP contribution in [0.3, 0.4) is 0 Å². The molecule has 1 N–H and O–H groups in total. The van der Waals surface area contributed by atoms with Crippen molar-refractivity contribution in [2.45, 2.75) is 37.5 Å². The summed E-state index contributed by atoms with van der Waals surface area (Å²) in [5, 5.41) is 9.22. The number of aliphatic hydroxyl groups is 1. The Morgan fingerprint density at radius 1 is 1.89 bits per heavy atom. The topological polar surface area (TPSA) is 32.8 Å². The molecular weight excluding hydrogens is 140 g/mol. The van der Waals surface area contributed by atoms with E-state index in [0.29, 0.717) is 6.42 Å². The van der Waals surface area contributed by atoms with Gasteiger partial charge in [0.2, 0.25) is 0 Å². The van der Waals surface area contributed by atoms with Gasteiger partial charge in [0.25, 0.3) is 0 Å². The number of halogens is 1. The lowest BCUT2D eigenvalue weighted by Crippen LogP contribution is -2.26. The minimum Gasteiger partial charge on any atom is -0.390 e. The first-order valence-electron chi connectivity index (χ1n) is 3.11. The van der Waals surface area contributed by atoms with Crippen LogP contribution >= 0.6 is 11.6 Å². The molecule has 1 aliphatic rings. The molecule has 0 radical (unpaired) electrons. The van der Waals surface area contributed by atoms with Gasteiger partial charge in [-0.1, -0.05) is 18.5 Å². The van der Waals surface area contributed by atoms with Gasteiger partial charge in [-0.3, -0.25) is 0 Å². The molecule has 2 nitrogen and oxygen atoms in total. The zero-order chi connectivity index (χ0) is 7.07. The van der Waals surface area contributed by atoms with Crippen LogP contribution in [0.5, 0.6) is 0 Å². The third-order valence-electron chi connectivity index (χ3n) is 1.80. The Kier molecular flexibility index (Phi) is 1.72. The lowest BCUT2D eigenvalue weighted by atomic mass is 10.0. The van der Waals surface area contributed by atoms with Gasteiger partial charge in [0.05, 0.1) is 6.10 Å². The number of rotatable bonds is 2. The first kappa shape index (κ1) is 7.32. The van der Waals surface area contributed by atoms with Gasteiger partial charge in [-0.25, -0.2) is 0 Å². The van der Waals surface area contributed by atoms with Gasteiger partial charge in [-0.05, 0) is 13.3 Å². The summed E-state index contributed by atoms with van der Waals surface area (Å²) in [5.74, 6) is 0. The maximum Gasteiger partial charge on any atom is 0.163 e. The summed E-state index contributed by atoms with van der Waals surface area (Å²) in [5.41, 5.74) is -0.747. The number of aliphatic hydroxyl groups excluding tert-OH is 1. The van der Waals surface area contributed by atoms with Crippen molar-refractivity contribution in [1.29, 1.82) is 0 Å². The van der Waals surface area contributed by atoms with Crippen molar-refractivity contribution in [1.82, 2.24) is 0 Å². The summed E-state index contributed by atoms with van der Waals surface area (Å²) in [6, 6.07) is 0. The van der Waals surface area contributed by atoms with E-state index in [9.17, 15) is 5.11 Å². The summed E-state index contributed by atoms with van der Waals surface area (Å²) in [6.45, 7) is 3.72. The molecule has 1 heterocycles. The highest BCUT2D eigenvalue weighted by atomic mass is 35.5. The smallest absolute Gasteiger partial charge is 0.163 e. The number of epoxide rings is 1. The van der Waals surface area contributed by atoms with Crippen LogP contribution in [0, 0.1) is 0 Å². The van der Waals surface area contributed by atoms with E-state index in [1.54, 1.807) is 0 Å². The standard InChI is InChI=1S/C6H11ClO2/c1-3-4(8)6(2)5(7)9-6/h4-5,8H,3H2,1-2H3. The highest BCUT2D eigenvalue weighted by Crippen LogP contribution is 2.42. The molecule has 0 aromatic rings. The quantitative estimate of drug-likeness (QED) is 0.473. The summed E-state index contributed by atoms with van der Waals surface area (Å²) < 4.78 is 4.97. The van der Waals surface area contributed by atoms with Crippen molar-refractivity contribution in [3.8, 4) is 0 Å². The predicted octanol–water partition coefficient (Wildman–Crippen LogP) is 1.11. The molecule has 0 bridgehead atoms. The van der Waals surface area contributed by atoms with E-state index in [1.165, 1.54) is 0 Å². The first-order chi connectivity index (χ1) is 4.11. The number of ether oxygens (including phenoxy) is 1. The normalized spacial score (nSPS) is 44.7. The fraction of sp³-hybridized carbons (Fsp3) is 1.00. The van der Waals surface area contributed by atoms with Crippen molar-refractivity contribution in [2.24, 2.45) is 0 Å². The predicted molar refractivity (Wildman–Crippen MR) is 35.4 cm³/mol. The van der Waals surface area contributed by atoms with E-state index in [2.05, 4.69) is 0 Å². The van der Waals surface area contributed by atoms with Crippen LogP contribution in [-0.2, 0) is 4.74 Å². The van der Waals surface area contributed by atoms with Gasteiger partial charge in [0, 0.05) is 0 Å². The fourth-order valence-corrected chi connectivity index (χ4v) is 1.16. The average molecular weight is 151 g/mol. The molecule has 0 aliphatic carbocycles. The van der Waals surface area contributed by atoms with Crippen LogP contribution in [0.1, 0.15) is 20.3 Å². The van der Waals surface area contributed by atoms with Gasteiger partial charge >= 0.3 is 0 Å². The highest BCUT2D eigenvalue weighted by molar-refractivity contribution is 6.22. The summed E-state index contributed by atoms with van der Waals surface area (Å²) in [6.07, 6.45) is 0.277. The molecule has 3 atom stereocenters. The van der Waals surface area contributed by atoms with Gasteiger partial charge in [0.1, 0.15) is 5.60 Å². The second-order valence-corrected chi connectivity index (χ2v) is 2.94. The van der Waals surface area contributed by atoms with Crippen LogP contribution < -0.4 is 0 Å². The number of hydrogen-bond donors (Lipinski definition) is 1. The maximum atomic E-state index is 9.22. The number of alkyl halides is 1. The maximum absolute atomic E-state index is 9.22. The van der Waals surface area contributed by atoms with Crippen LogP contribution in [0.25, 0.3) is 0 Å². The fourth-order valence-electron chi connectivity index (χ4n) is 0.824. The first-order valence-corrected chi connectivity index (χ1v) is 3.55. The Morgan fingerprint density at radius 3 is 2.44 bits per heavy atom. The van der Waals surface area contributed by atoms with Gasteiger partial charge in [-0.2, -0.15) is 0 Å². The van der Waals surface area contributed by atoms with Gasteiger partial charge < -0.3 is 9.84 Å². The third-order valence-corrected chi connectivity index (χ3v) is 2.32. The van der Waals surface area contributed by atoms with Crippen molar-refractivity contribution in [2.75, 3.05) is 0 Å². The van der Waals surface area contributed by atoms with Crippen molar-refractivity contribution in [3.63, 3.8) is 0 Å². The third kappa shape index (κ3) is 1.07. The van der Waals surface area contributed by atoms with Crippen molar-refractivity contribution < 1.29 is 9.84 Å². The molecule has 3 unspecified atom stereocenters. The van der Waals surface area contributed by atoms with E-state index in [-0.39, 0.29) is 5.56 Å². The van der Waals surface area contributed by atoms with E-state index < -0.39 is 11.7 Å². The Bertz CT molecular complexity index is 118. The molecule has 54 valence electrons. The van der Waals surface area contributed by atoms with Crippen LogP contribution in [0.15, 0.2) is 0 Å². The Balaban J connectivity index is 2.43. The SMILES string of the molecule is CCC(O)C1(C)OC1Cl. The minimum absolute atomic E-state index is 0.285. The Hall–Kier alpha value is 0.210. The molecule has 0 saturated carbocycles. The molecule has 3 heteroatoms. The molecule has 1 aliphatic heterocycles. The molecule has 1 rings (SSSR count). The second kappa shape index (κ2) is 2.11. The molecule has 0 spiro atoms. The molecule has 0 amide bonds. The number of hydrogen-bond acceptors (Lipinski definition) is 2. The lowest BCUT2D eigenvalue weighted by molar-refractivity contribution is 0.0817. The molecule has 0 aromatic heterocycles. The lowest BCUT2D eigenvalue weighted by Gasteiger charge is -2.10. The molecule has 9 heavy (non-hydrogen) atoms. The monoisotopic (exact) mass is 150 g/mol. The zero-order valence-corrected chi connectivity index (χ0v) is 6.35. The second-order valence-electron chi connectivity index (χ2n) is 2.54. The van der Waals surface area contributed by atoms with E-state index in [0.717, 1.165) is 0 Å². The van der Waals surface area contributed by atoms with E-state index >= 15 is 0 Å². The van der Waals surface area contributed by atoms with Crippen LogP contribution in [0.4, 0.5) is 0 Å². The van der Waals surface area contributed by atoms with Crippen molar-refractivity contribution >= 4 is 11.6 Å². The molecule has 0 aromatic carbocycles. The van der Waals surface area contributed by atoms with Crippen molar-refractivity contribution in [3.05, 3.63) is 0 Å². The minimum atomic E-state index is -0.462. The van der Waals surface area contributed by atoms with E-state index in [4.69, 9.17) is 16.3 Å². The summed E-state index contributed by atoms with van der Waals surface area (Å²) >= 11 is 5.58. The molecular formula is C6H11ClO2. The largest absolute Gasteiger partial charge is 0.390 e. The van der Waals surface area contributed by atoms with Gasteiger partial charge in [-0.15, -0.1) is 0 Å². The Morgan fingerprint density at radius 2 is 2.33 bits per heavy atom. The van der Waals surface area contributed by atoms with E-state index in [1.807, 2.05) is 13.8 Å². The van der Waals surface area contributed by atoms with Crippen LogP contribution in [-0.4, -0.2) is 22.4 Å². The molecule has 1 fully saturated rings. The van der Waals surface area contributed by atoms with Gasteiger partial charge in [0.15, 0.2) is 5.56 Å². The van der Waals surface area contributed by atoms with Crippen LogP contribution in [0.2, 0.25) is 0 Å². The average Bonchev–Trinajstić information content (AvgIpc) is 2.41. The Labute approximate surface area is 59.8 Å².